The van der Waals surface area contributed by atoms with Gasteiger partial charge in [0.05, 0.1) is 18.9 Å². The molecule has 0 amide bonds. The van der Waals surface area contributed by atoms with Crippen LogP contribution < -0.4 is 5.32 Å². The van der Waals surface area contributed by atoms with Crippen molar-refractivity contribution in [3.63, 3.8) is 0 Å². The third-order valence-corrected chi connectivity index (χ3v) is 6.01. The van der Waals surface area contributed by atoms with Crippen LogP contribution in [0.2, 0.25) is 0 Å². The van der Waals surface area contributed by atoms with E-state index in [1.54, 1.807) is 6.08 Å². The summed E-state index contributed by atoms with van der Waals surface area (Å²) in [6, 6.07) is 12.5. The number of carbonyl (C=O) groups is 3. The number of hydrogen-bond acceptors (Lipinski definition) is 7. The summed E-state index contributed by atoms with van der Waals surface area (Å²) in [6.07, 6.45) is 1.23. The van der Waals surface area contributed by atoms with Crippen molar-refractivity contribution in [3.05, 3.63) is 60.7 Å². The van der Waals surface area contributed by atoms with E-state index >= 15 is 0 Å². The molecule has 2 saturated heterocycles. The van der Waals surface area contributed by atoms with Crippen LogP contribution in [0.1, 0.15) is 24.4 Å². The summed E-state index contributed by atoms with van der Waals surface area (Å²) in [6.45, 7) is 3.42. The molecule has 0 saturated carbocycles. The van der Waals surface area contributed by atoms with Gasteiger partial charge in [0.15, 0.2) is 5.78 Å². The molecule has 2 aromatic carbocycles. The van der Waals surface area contributed by atoms with Gasteiger partial charge in [-0.25, -0.2) is 0 Å². The number of methoxy groups -OCH3 is 1. The minimum Gasteiger partial charge on any atom is -0.468 e. The molecule has 0 spiro atoms. The van der Waals surface area contributed by atoms with Crippen LogP contribution >= 0.6 is 0 Å². The second kappa shape index (κ2) is 8.99. The molecular weight excluding hydrogens is 398 g/mol. The molecule has 0 unspecified atom stereocenters. The fraction of sp³-hybridized carbons (Fsp3) is 0.375. The highest BCUT2D eigenvalue weighted by Crippen LogP contribution is 2.45. The summed E-state index contributed by atoms with van der Waals surface area (Å²) in [5, 5.41) is 5.31. The van der Waals surface area contributed by atoms with Crippen molar-refractivity contribution in [1.29, 1.82) is 0 Å². The molecule has 2 heterocycles. The molecule has 2 aliphatic heterocycles. The lowest BCUT2D eigenvalue weighted by molar-refractivity contribution is -0.211. The molecule has 7 heteroatoms. The van der Waals surface area contributed by atoms with Crippen LogP contribution in [0.4, 0.5) is 0 Å². The maximum absolute atomic E-state index is 13.0. The second-order valence-corrected chi connectivity index (χ2v) is 7.78. The molecule has 4 rings (SSSR count). The van der Waals surface area contributed by atoms with Crippen molar-refractivity contribution < 1.29 is 28.6 Å². The van der Waals surface area contributed by atoms with Crippen LogP contribution in [-0.2, 0) is 28.6 Å². The topological polar surface area (TPSA) is 90.9 Å². The van der Waals surface area contributed by atoms with Gasteiger partial charge in [0, 0.05) is 12.5 Å². The first-order valence-electron chi connectivity index (χ1n) is 10.3. The van der Waals surface area contributed by atoms with Crippen LogP contribution in [0.3, 0.4) is 0 Å². The number of fused-ring (bicyclic) bond motifs is 2. The number of ketones is 1. The molecule has 5 atom stereocenters. The molecule has 2 aliphatic rings. The van der Waals surface area contributed by atoms with E-state index in [1.807, 2.05) is 42.5 Å². The number of rotatable bonds is 6. The SMILES string of the molecule is C=CCCC(=O)O[C@H]1OCC(=O)[C@H]2[C@@H]1[C@@H](C(=O)OC)N[C@H]2c1cccc2ccccc12. The standard InChI is InChI=1S/C24H25NO6/c1-3-4-12-18(27)31-24-20-19(17(26)13-30-24)21(25-22(20)23(28)29-2)16-11-7-9-14-8-5-6-10-15(14)16/h3,5-11,19-22,24-25H,1,4,12-13H2,2H3/t19-,20+,21-,22-,24+/m0/s1. The molecule has 162 valence electrons. The molecule has 2 fully saturated rings. The number of carbonyl (C=O) groups excluding carboxylic acids is 3. The fourth-order valence-electron chi connectivity index (χ4n) is 4.61. The van der Waals surface area contributed by atoms with Crippen LogP contribution in [0.25, 0.3) is 10.8 Å². The number of esters is 2. The maximum atomic E-state index is 13.0. The van der Waals surface area contributed by atoms with E-state index in [1.165, 1.54) is 7.11 Å². The fourth-order valence-corrected chi connectivity index (χ4v) is 4.61. The predicted molar refractivity (Wildman–Crippen MR) is 113 cm³/mol. The summed E-state index contributed by atoms with van der Waals surface area (Å²) >= 11 is 0. The molecule has 7 nitrogen and oxygen atoms in total. The van der Waals surface area contributed by atoms with Gasteiger partial charge in [0.2, 0.25) is 6.29 Å². The number of benzene rings is 2. The average molecular weight is 423 g/mol. The Morgan fingerprint density at radius 3 is 2.77 bits per heavy atom. The molecule has 2 aromatic rings. The smallest absolute Gasteiger partial charge is 0.323 e. The normalized spacial score (nSPS) is 27.5. The van der Waals surface area contributed by atoms with E-state index in [4.69, 9.17) is 14.2 Å². The van der Waals surface area contributed by atoms with Crippen molar-refractivity contribution in [3.8, 4) is 0 Å². The van der Waals surface area contributed by atoms with Crippen molar-refractivity contribution in [2.45, 2.75) is 31.2 Å². The summed E-state index contributed by atoms with van der Waals surface area (Å²) in [4.78, 5) is 37.8. The zero-order chi connectivity index (χ0) is 22.0. The lowest BCUT2D eigenvalue weighted by Crippen LogP contribution is -2.49. The van der Waals surface area contributed by atoms with Gasteiger partial charge < -0.3 is 14.2 Å². The number of hydrogen-bond donors (Lipinski definition) is 1. The molecule has 1 N–H and O–H groups in total. The van der Waals surface area contributed by atoms with Crippen LogP contribution in [0, 0.1) is 11.8 Å². The first kappa shape index (κ1) is 21.2. The Bertz CT molecular complexity index is 1010. The van der Waals surface area contributed by atoms with Crippen molar-refractivity contribution in [1.82, 2.24) is 5.32 Å². The number of ether oxygens (including phenoxy) is 3. The molecule has 0 radical (unpaired) electrons. The van der Waals surface area contributed by atoms with Gasteiger partial charge in [0.1, 0.15) is 12.6 Å². The van der Waals surface area contributed by atoms with Gasteiger partial charge in [-0.1, -0.05) is 48.5 Å². The molecule has 0 bridgehead atoms. The second-order valence-electron chi connectivity index (χ2n) is 7.78. The third kappa shape index (κ3) is 3.98. The Hall–Kier alpha value is -3.03. The number of Topliss-reactive ketones (excluding diaryl/α,β-unsaturated/α-hetero) is 1. The number of nitrogens with one attached hydrogen (secondary N) is 1. The van der Waals surface area contributed by atoms with E-state index in [0.717, 1.165) is 16.3 Å². The Morgan fingerprint density at radius 2 is 2.00 bits per heavy atom. The highest BCUT2D eigenvalue weighted by atomic mass is 16.7. The highest BCUT2D eigenvalue weighted by molar-refractivity contribution is 5.91. The summed E-state index contributed by atoms with van der Waals surface area (Å²) in [5.74, 6) is -2.41. The minimum absolute atomic E-state index is 0.139. The lowest BCUT2D eigenvalue weighted by atomic mass is 9.79. The summed E-state index contributed by atoms with van der Waals surface area (Å²) < 4.78 is 16.1. The zero-order valence-electron chi connectivity index (χ0n) is 17.3. The van der Waals surface area contributed by atoms with Crippen LogP contribution in [0.5, 0.6) is 0 Å². The van der Waals surface area contributed by atoms with Crippen LogP contribution in [0.15, 0.2) is 55.1 Å². The van der Waals surface area contributed by atoms with E-state index in [-0.39, 0.29) is 18.8 Å². The Balaban J connectivity index is 1.72. The maximum Gasteiger partial charge on any atom is 0.323 e. The molecule has 0 aliphatic carbocycles. The van der Waals surface area contributed by atoms with Gasteiger partial charge in [-0.3, -0.25) is 19.7 Å². The summed E-state index contributed by atoms with van der Waals surface area (Å²) in [7, 11) is 1.29. The first-order chi connectivity index (χ1) is 15.0. The van der Waals surface area contributed by atoms with Crippen molar-refractivity contribution >= 4 is 28.5 Å². The average Bonchev–Trinajstić information content (AvgIpc) is 3.20. The van der Waals surface area contributed by atoms with Gasteiger partial charge >= 0.3 is 11.9 Å². The van der Waals surface area contributed by atoms with E-state index in [9.17, 15) is 14.4 Å². The molecular formula is C24H25NO6. The van der Waals surface area contributed by atoms with E-state index in [0.29, 0.717) is 6.42 Å². The highest BCUT2D eigenvalue weighted by Gasteiger charge is 2.57. The van der Waals surface area contributed by atoms with Crippen molar-refractivity contribution in [2.75, 3.05) is 13.7 Å². The Labute approximate surface area is 180 Å². The number of allylic oxidation sites excluding steroid dienone is 1. The molecule has 31 heavy (non-hydrogen) atoms. The molecule has 0 aromatic heterocycles. The van der Waals surface area contributed by atoms with Crippen molar-refractivity contribution in [2.24, 2.45) is 11.8 Å². The zero-order valence-corrected chi connectivity index (χ0v) is 17.3. The Morgan fingerprint density at radius 1 is 1.23 bits per heavy atom. The third-order valence-electron chi connectivity index (χ3n) is 6.01. The van der Waals surface area contributed by atoms with E-state index < -0.39 is 42.1 Å². The monoisotopic (exact) mass is 423 g/mol. The van der Waals surface area contributed by atoms with Gasteiger partial charge in [0.25, 0.3) is 0 Å². The lowest BCUT2D eigenvalue weighted by Gasteiger charge is -2.35. The van der Waals surface area contributed by atoms with E-state index in [2.05, 4.69) is 11.9 Å². The Kier molecular flexibility index (Phi) is 6.15. The summed E-state index contributed by atoms with van der Waals surface area (Å²) in [5.41, 5.74) is 0.909. The quantitative estimate of drug-likeness (QED) is 0.564. The van der Waals surface area contributed by atoms with Crippen LogP contribution in [-0.4, -0.2) is 43.8 Å². The first-order valence-corrected chi connectivity index (χ1v) is 10.3. The largest absolute Gasteiger partial charge is 0.468 e. The van der Waals surface area contributed by atoms with Gasteiger partial charge in [-0.15, -0.1) is 6.58 Å². The van der Waals surface area contributed by atoms with Gasteiger partial charge in [-0.2, -0.15) is 0 Å². The van der Waals surface area contributed by atoms with Gasteiger partial charge in [-0.05, 0) is 22.8 Å². The predicted octanol–water partition coefficient (Wildman–Crippen LogP) is 2.69. The minimum atomic E-state index is -1.02.